The topological polar surface area (TPSA) is 92.5 Å². The summed E-state index contributed by atoms with van der Waals surface area (Å²) in [6.07, 6.45) is 0. The molecular weight excluding hydrogens is 246 g/mol. The molecule has 0 spiro atoms. The lowest BCUT2D eigenvalue weighted by atomic mass is 10.4. The van der Waals surface area contributed by atoms with Crippen molar-refractivity contribution in [2.45, 2.75) is 18.7 Å². The zero-order valence-corrected chi connectivity index (χ0v) is 11.0. The molecule has 0 bridgehead atoms. The minimum atomic E-state index is -3.75. The van der Waals surface area contributed by atoms with E-state index >= 15 is 0 Å². The van der Waals surface area contributed by atoms with Crippen molar-refractivity contribution in [1.82, 2.24) is 14.8 Å². The summed E-state index contributed by atoms with van der Waals surface area (Å²) in [4.78, 5) is 11.2. The molecule has 0 saturated heterocycles. The molecule has 1 aromatic rings. The minimum Gasteiger partial charge on any atom is -0.360 e. The van der Waals surface area contributed by atoms with E-state index in [1.165, 1.54) is 27.9 Å². The third-order valence-corrected chi connectivity index (χ3v) is 4.33. The van der Waals surface area contributed by atoms with Crippen molar-refractivity contribution >= 4 is 15.9 Å². The van der Waals surface area contributed by atoms with Crippen molar-refractivity contribution in [2.24, 2.45) is 0 Å². The fourth-order valence-electron chi connectivity index (χ4n) is 1.36. The van der Waals surface area contributed by atoms with Crippen LogP contribution in [-0.2, 0) is 14.8 Å². The van der Waals surface area contributed by atoms with Crippen LogP contribution < -0.4 is 5.32 Å². The molecule has 0 aliphatic carbocycles. The normalized spacial score (nSPS) is 11.8. The van der Waals surface area contributed by atoms with Crippen LogP contribution in [0.15, 0.2) is 9.42 Å². The zero-order valence-electron chi connectivity index (χ0n) is 10.1. The van der Waals surface area contributed by atoms with Crippen LogP contribution in [0, 0.1) is 13.8 Å². The summed E-state index contributed by atoms with van der Waals surface area (Å²) >= 11 is 0. The summed E-state index contributed by atoms with van der Waals surface area (Å²) in [7, 11) is -0.973. The number of hydrogen-bond donors (Lipinski definition) is 1. The van der Waals surface area contributed by atoms with Gasteiger partial charge in [-0.1, -0.05) is 5.16 Å². The number of aryl methyl sites for hydroxylation is 2. The number of likely N-dealkylation sites (N-methyl/N-ethyl adjacent to an activating group) is 2. The summed E-state index contributed by atoms with van der Waals surface area (Å²) < 4.78 is 30.0. The highest BCUT2D eigenvalue weighted by Gasteiger charge is 2.29. The third kappa shape index (κ3) is 2.64. The number of aromatic nitrogens is 1. The molecule has 1 N–H and O–H groups in total. The van der Waals surface area contributed by atoms with E-state index in [2.05, 4.69) is 10.5 Å². The van der Waals surface area contributed by atoms with Gasteiger partial charge < -0.3 is 9.84 Å². The van der Waals surface area contributed by atoms with E-state index in [-0.39, 0.29) is 28.8 Å². The highest BCUT2D eigenvalue weighted by Crippen LogP contribution is 2.21. The Morgan fingerprint density at radius 2 is 2.06 bits per heavy atom. The van der Waals surface area contributed by atoms with Crippen molar-refractivity contribution in [3.05, 3.63) is 11.5 Å². The summed E-state index contributed by atoms with van der Waals surface area (Å²) in [5, 5.41) is 5.94. The van der Waals surface area contributed by atoms with Crippen LogP contribution in [0.25, 0.3) is 0 Å². The van der Waals surface area contributed by atoms with Crippen molar-refractivity contribution < 1.29 is 17.7 Å². The zero-order chi connectivity index (χ0) is 13.2. The highest BCUT2D eigenvalue weighted by molar-refractivity contribution is 7.89. The first kappa shape index (κ1) is 13.7. The number of hydrogen-bond acceptors (Lipinski definition) is 5. The van der Waals surface area contributed by atoms with Gasteiger partial charge in [-0.3, -0.25) is 4.79 Å². The number of rotatable bonds is 4. The Labute approximate surface area is 99.8 Å². The Balaban J connectivity index is 3.08. The second kappa shape index (κ2) is 4.84. The van der Waals surface area contributed by atoms with E-state index in [1.54, 1.807) is 0 Å². The molecule has 0 aromatic carbocycles. The fraction of sp³-hybridized carbons (Fsp3) is 0.556. The number of nitrogens with one attached hydrogen (secondary N) is 1. The largest absolute Gasteiger partial charge is 0.360 e. The van der Waals surface area contributed by atoms with Gasteiger partial charge in [-0.25, -0.2) is 8.42 Å². The quantitative estimate of drug-likeness (QED) is 0.800. The Hall–Kier alpha value is -1.41. The lowest BCUT2D eigenvalue weighted by Gasteiger charge is -2.15. The number of nitrogens with zero attached hydrogens (tertiary/aromatic N) is 2. The first-order chi connectivity index (χ1) is 7.80. The van der Waals surface area contributed by atoms with Crippen LogP contribution >= 0.6 is 0 Å². The molecule has 17 heavy (non-hydrogen) atoms. The van der Waals surface area contributed by atoms with Gasteiger partial charge in [-0.15, -0.1) is 0 Å². The molecule has 0 radical (unpaired) electrons. The SMILES string of the molecule is CNC(=O)CN(C)S(=O)(=O)c1c(C)noc1C. The molecule has 1 amide bonds. The first-order valence-corrected chi connectivity index (χ1v) is 6.34. The van der Waals surface area contributed by atoms with Gasteiger partial charge in [0.15, 0.2) is 5.76 Å². The van der Waals surface area contributed by atoms with E-state index in [1.807, 2.05) is 0 Å². The maximum absolute atomic E-state index is 12.1. The van der Waals surface area contributed by atoms with Crippen LogP contribution in [0.2, 0.25) is 0 Å². The predicted molar refractivity (Wildman–Crippen MR) is 59.9 cm³/mol. The van der Waals surface area contributed by atoms with Gasteiger partial charge >= 0.3 is 0 Å². The van der Waals surface area contributed by atoms with E-state index in [4.69, 9.17) is 4.52 Å². The number of carbonyl (C=O) groups excluding carboxylic acids is 1. The maximum Gasteiger partial charge on any atom is 0.248 e. The molecule has 8 heteroatoms. The summed E-state index contributed by atoms with van der Waals surface area (Å²) in [6, 6.07) is 0. The molecule has 1 rings (SSSR count). The van der Waals surface area contributed by atoms with Gasteiger partial charge in [0.1, 0.15) is 10.6 Å². The molecule has 1 aromatic heterocycles. The Kier molecular flexibility index (Phi) is 3.89. The summed E-state index contributed by atoms with van der Waals surface area (Å²) in [6.45, 7) is 2.81. The smallest absolute Gasteiger partial charge is 0.248 e. The van der Waals surface area contributed by atoms with Crippen LogP contribution in [0.4, 0.5) is 0 Å². The van der Waals surface area contributed by atoms with Crippen molar-refractivity contribution in [1.29, 1.82) is 0 Å². The minimum absolute atomic E-state index is 0.0175. The van der Waals surface area contributed by atoms with Crippen LogP contribution in [0.1, 0.15) is 11.5 Å². The molecule has 1 heterocycles. The van der Waals surface area contributed by atoms with E-state index in [0.29, 0.717) is 0 Å². The monoisotopic (exact) mass is 261 g/mol. The molecule has 0 unspecified atom stereocenters. The van der Waals surface area contributed by atoms with Crippen molar-refractivity contribution in [2.75, 3.05) is 20.6 Å². The lowest BCUT2D eigenvalue weighted by Crippen LogP contribution is -2.37. The van der Waals surface area contributed by atoms with Gasteiger partial charge in [0, 0.05) is 14.1 Å². The van der Waals surface area contributed by atoms with Gasteiger partial charge in [-0.05, 0) is 13.8 Å². The first-order valence-electron chi connectivity index (χ1n) is 4.90. The van der Waals surface area contributed by atoms with Gasteiger partial charge in [0.25, 0.3) is 0 Å². The summed E-state index contributed by atoms with van der Waals surface area (Å²) in [5.74, 6) is -0.172. The van der Waals surface area contributed by atoms with E-state index in [0.717, 1.165) is 4.31 Å². The van der Waals surface area contributed by atoms with Crippen LogP contribution in [0.5, 0.6) is 0 Å². The van der Waals surface area contributed by atoms with Gasteiger partial charge in [0.05, 0.1) is 6.54 Å². The lowest BCUT2D eigenvalue weighted by molar-refractivity contribution is -0.120. The average Bonchev–Trinajstić information content (AvgIpc) is 2.58. The molecule has 0 saturated carbocycles. The molecule has 7 nitrogen and oxygen atoms in total. The molecule has 0 fully saturated rings. The maximum atomic E-state index is 12.1. The number of carbonyl (C=O) groups is 1. The molecule has 96 valence electrons. The molecule has 0 atom stereocenters. The second-order valence-electron chi connectivity index (χ2n) is 3.59. The third-order valence-electron chi connectivity index (χ3n) is 2.28. The van der Waals surface area contributed by atoms with Gasteiger partial charge in [-0.2, -0.15) is 4.31 Å². The average molecular weight is 261 g/mol. The van der Waals surface area contributed by atoms with Crippen molar-refractivity contribution in [3.8, 4) is 0 Å². The highest BCUT2D eigenvalue weighted by atomic mass is 32.2. The number of amides is 1. The molecule has 0 aliphatic heterocycles. The summed E-state index contributed by atoms with van der Waals surface area (Å²) in [5.41, 5.74) is 0.284. The van der Waals surface area contributed by atoms with E-state index in [9.17, 15) is 13.2 Å². The molecule has 0 aliphatic rings. The Bertz CT molecular complexity index is 501. The van der Waals surface area contributed by atoms with Crippen molar-refractivity contribution in [3.63, 3.8) is 0 Å². The second-order valence-corrected chi connectivity index (χ2v) is 5.57. The Morgan fingerprint density at radius 1 is 1.47 bits per heavy atom. The fourth-order valence-corrected chi connectivity index (χ4v) is 2.77. The predicted octanol–water partition coefficient (Wildman–Crippen LogP) is -0.342. The standard InChI is InChI=1S/C9H15N3O4S/c1-6-9(7(2)16-11-6)17(14,15)12(4)5-8(13)10-3/h5H2,1-4H3,(H,10,13). The van der Waals surface area contributed by atoms with Crippen LogP contribution in [-0.4, -0.2) is 44.4 Å². The number of sulfonamides is 1. The molecular formula is C9H15N3O4S. The van der Waals surface area contributed by atoms with E-state index < -0.39 is 10.0 Å². The Morgan fingerprint density at radius 3 is 2.47 bits per heavy atom. The van der Waals surface area contributed by atoms with Crippen LogP contribution in [0.3, 0.4) is 0 Å². The van der Waals surface area contributed by atoms with Gasteiger partial charge in [0.2, 0.25) is 15.9 Å².